The molecule has 0 saturated carbocycles. The second-order valence-corrected chi connectivity index (χ2v) is 8.96. The number of amides is 1. The largest absolute Gasteiger partial charge is 0.484 e. The molecule has 0 bridgehead atoms. The smallest absolute Gasteiger partial charge is 0.292 e. The number of hydrogen-bond donors (Lipinski definition) is 0. The minimum atomic E-state index is -0.292. The van der Waals surface area contributed by atoms with Gasteiger partial charge >= 0.3 is 0 Å². The molecule has 2 fully saturated rings. The van der Waals surface area contributed by atoms with E-state index >= 15 is 0 Å². The van der Waals surface area contributed by atoms with E-state index in [2.05, 4.69) is 15.9 Å². The molecular weight excluding hydrogens is 420 g/mol. The van der Waals surface area contributed by atoms with Crippen LogP contribution in [0.5, 0.6) is 5.75 Å². The standard InChI is InChI=1S/C25H32N4O4/c1-19-14-20(2)16-22(15-19)33-18-25(30)28-12-10-26(11-13-28)21-6-7-23(29(31)32)24(17-21)27-8-4-3-5-9-27/h6-7,14-17H,3-5,8-13,18H2,1-2H3. The van der Waals surface area contributed by atoms with Crippen molar-refractivity contribution in [2.45, 2.75) is 33.1 Å². The second kappa shape index (κ2) is 10.1. The zero-order valence-electron chi connectivity index (χ0n) is 19.5. The van der Waals surface area contributed by atoms with Crippen molar-refractivity contribution in [2.75, 3.05) is 55.7 Å². The Morgan fingerprint density at radius 3 is 2.21 bits per heavy atom. The van der Waals surface area contributed by atoms with Crippen molar-refractivity contribution in [3.63, 3.8) is 0 Å². The Labute approximate surface area is 194 Å². The van der Waals surface area contributed by atoms with Gasteiger partial charge in [0, 0.05) is 51.0 Å². The van der Waals surface area contributed by atoms with Crippen LogP contribution in [0.2, 0.25) is 0 Å². The maximum absolute atomic E-state index is 12.7. The second-order valence-electron chi connectivity index (χ2n) is 8.96. The van der Waals surface area contributed by atoms with Gasteiger partial charge in [0.05, 0.1) is 4.92 Å². The zero-order valence-corrected chi connectivity index (χ0v) is 19.5. The Balaban J connectivity index is 1.37. The molecule has 0 unspecified atom stereocenters. The van der Waals surface area contributed by atoms with Crippen LogP contribution in [-0.4, -0.2) is 61.6 Å². The lowest BCUT2D eigenvalue weighted by molar-refractivity contribution is -0.384. The summed E-state index contributed by atoms with van der Waals surface area (Å²) in [5.74, 6) is 0.696. The predicted octanol–water partition coefficient (Wildman–Crippen LogP) is 3.93. The summed E-state index contributed by atoms with van der Waals surface area (Å²) in [5.41, 5.74) is 4.06. The Morgan fingerprint density at radius 2 is 1.58 bits per heavy atom. The van der Waals surface area contributed by atoms with Crippen LogP contribution < -0.4 is 14.5 Å². The molecule has 4 rings (SSSR count). The number of carbonyl (C=O) groups excluding carboxylic acids is 1. The number of anilines is 2. The predicted molar refractivity (Wildman–Crippen MR) is 129 cm³/mol. The fourth-order valence-corrected chi connectivity index (χ4v) is 4.72. The summed E-state index contributed by atoms with van der Waals surface area (Å²) in [6.07, 6.45) is 3.30. The summed E-state index contributed by atoms with van der Waals surface area (Å²) in [6.45, 7) is 8.33. The van der Waals surface area contributed by atoms with Crippen LogP contribution in [-0.2, 0) is 4.79 Å². The van der Waals surface area contributed by atoms with E-state index < -0.39 is 0 Å². The van der Waals surface area contributed by atoms with Gasteiger partial charge in [-0.15, -0.1) is 0 Å². The first-order valence-electron chi connectivity index (χ1n) is 11.7. The lowest BCUT2D eigenvalue weighted by Gasteiger charge is -2.36. The summed E-state index contributed by atoms with van der Waals surface area (Å²) < 4.78 is 5.74. The van der Waals surface area contributed by atoms with E-state index in [4.69, 9.17) is 4.74 Å². The molecule has 33 heavy (non-hydrogen) atoms. The van der Waals surface area contributed by atoms with E-state index in [1.165, 1.54) is 6.42 Å². The van der Waals surface area contributed by atoms with E-state index in [0.717, 1.165) is 48.5 Å². The average Bonchev–Trinajstić information content (AvgIpc) is 2.82. The molecule has 0 aliphatic carbocycles. The fraction of sp³-hybridized carbons (Fsp3) is 0.480. The van der Waals surface area contributed by atoms with Crippen LogP contribution in [0.15, 0.2) is 36.4 Å². The number of benzene rings is 2. The van der Waals surface area contributed by atoms with Gasteiger partial charge in [0.15, 0.2) is 6.61 Å². The number of carbonyl (C=O) groups is 1. The van der Waals surface area contributed by atoms with Gasteiger partial charge in [0.25, 0.3) is 11.6 Å². The van der Waals surface area contributed by atoms with Crippen molar-refractivity contribution in [2.24, 2.45) is 0 Å². The Hall–Kier alpha value is -3.29. The van der Waals surface area contributed by atoms with Gasteiger partial charge in [-0.1, -0.05) is 6.07 Å². The van der Waals surface area contributed by atoms with Gasteiger partial charge in [-0.2, -0.15) is 0 Å². The zero-order chi connectivity index (χ0) is 23.4. The number of nitro groups is 1. The summed E-state index contributed by atoms with van der Waals surface area (Å²) >= 11 is 0. The topological polar surface area (TPSA) is 79.2 Å². The summed E-state index contributed by atoms with van der Waals surface area (Å²) in [5, 5.41) is 11.6. The van der Waals surface area contributed by atoms with Crippen LogP contribution in [0, 0.1) is 24.0 Å². The number of nitrogens with zero attached hydrogens (tertiary/aromatic N) is 4. The molecule has 1 amide bonds. The highest BCUT2D eigenvalue weighted by Crippen LogP contribution is 2.34. The van der Waals surface area contributed by atoms with Crippen molar-refractivity contribution >= 4 is 23.0 Å². The van der Waals surface area contributed by atoms with Gasteiger partial charge in [0.1, 0.15) is 11.4 Å². The van der Waals surface area contributed by atoms with Gasteiger partial charge in [-0.05, 0) is 68.5 Å². The minimum absolute atomic E-state index is 0.0217. The Bertz CT molecular complexity index is 991. The minimum Gasteiger partial charge on any atom is -0.484 e. The van der Waals surface area contributed by atoms with Crippen molar-refractivity contribution < 1.29 is 14.5 Å². The molecule has 176 valence electrons. The number of ether oxygens (including phenoxy) is 1. The highest BCUT2D eigenvalue weighted by atomic mass is 16.6. The molecule has 8 heteroatoms. The summed E-state index contributed by atoms with van der Waals surface area (Å²) in [7, 11) is 0. The third-order valence-corrected chi connectivity index (χ3v) is 6.41. The molecule has 8 nitrogen and oxygen atoms in total. The number of nitro benzene ring substituents is 1. The normalized spacial score (nSPS) is 16.6. The first-order chi connectivity index (χ1) is 15.9. The lowest BCUT2D eigenvalue weighted by atomic mass is 10.1. The monoisotopic (exact) mass is 452 g/mol. The average molecular weight is 453 g/mol. The van der Waals surface area contributed by atoms with Crippen LogP contribution in [0.3, 0.4) is 0 Å². The highest BCUT2D eigenvalue weighted by Gasteiger charge is 2.25. The molecule has 0 spiro atoms. The van der Waals surface area contributed by atoms with Gasteiger partial charge in [-0.3, -0.25) is 14.9 Å². The number of aryl methyl sites for hydroxylation is 2. The molecule has 0 aromatic heterocycles. The molecule has 2 aromatic rings. The van der Waals surface area contributed by atoms with E-state index in [-0.39, 0.29) is 23.1 Å². The quantitative estimate of drug-likeness (QED) is 0.488. The van der Waals surface area contributed by atoms with Crippen molar-refractivity contribution in [3.8, 4) is 5.75 Å². The molecule has 0 N–H and O–H groups in total. The molecule has 2 heterocycles. The SMILES string of the molecule is Cc1cc(C)cc(OCC(=O)N2CCN(c3ccc([N+](=O)[O-])c(N4CCCCC4)c3)CC2)c1. The van der Waals surface area contributed by atoms with Crippen LogP contribution in [0.1, 0.15) is 30.4 Å². The molecule has 2 saturated heterocycles. The number of piperazine rings is 1. The summed E-state index contributed by atoms with van der Waals surface area (Å²) in [4.78, 5) is 30.1. The number of piperidine rings is 1. The molecule has 2 aromatic carbocycles. The third-order valence-electron chi connectivity index (χ3n) is 6.41. The number of rotatable bonds is 6. The van der Waals surface area contributed by atoms with Gasteiger partial charge in [0.2, 0.25) is 0 Å². The van der Waals surface area contributed by atoms with Crippen LogP contribution >= 0.6 is 0 Å². The van der Waals surface area contributed by atoms with E-state index in [1.807, 2.05) is 43.0 Å². The summed E-state index contributed by atoms with van der Waals surface area (Å²) in [6, 6.07) is 11.3. The van der Waals surface area contributed by atoms with Crippen molar-refractivity contribution in [1.82, 2.24) is 4.90 Å². The molecule has 0 radical (unpaired) electrons. The third kappa shape index (κ3) is 5.56. The van der Waals surface area contributed by atoms with Crippen LogP contribution in [0.4, 0.5) is 17.1 Å². The molecular formula is C25H32N4O4. The number of hydrogen-bond acceptors (Lipinski definition) is 6. The van der Waals surface area contributed by atoms with E-state index in [1.54, 1.807) is 6.07 Å². The van der Waals surface area contributed by atoms with E-state index in [0.29, 0.717) is 31.9 Å². The molecule has 2 aliphatic rings. The lowest BCUT2D eigenvalue weighted by Crippen LogP contribution is -2.50. The first-order valence-corrected chi connectivity index (χ1v) is 11.7. The van der Waals surface area contributed by atoms with Crippen molar-refractivity contribution in [1.29, 1.82) is 0 Å². The Morgan fingerprint density at radius 1 is 0.909 bits per heavy atom. The van der Waals surface area contributed by atoms with E-state index in [9.17, 15) is 14.9 Å². The fourth-order valence-electron chi connectivity index (χ4n) is 4.72. The molecule has 0 atom stereocenters. The maximum Gasteiger partial charge on any atom is 0.292 e. The Kier molecular flexibility index (Phi) is 7.01. The first kappa shape index (κ1) is 22.9. The molecule has 2 aliphatic heterocycles. The highest BCUT2D eigenvalue weighted by molar-refractivity contribution is 5.78. The van der Waals surface area contributed by atoms with Crippen molar-refractivity contribution in [3.05, 3.63) is 57.6 Å². The maximum atomic E-state index is 12.7. The van der Waals surface area contributed by atoms with Gasteiger partial charge in [-0.25, -0.2) is 0 Å². The van der Waals surface area contributed by atoms with Crippen LogP contribution in [0.25, 0.3) is 0 Å². The van der Waals surface area contributed by atoms with Gasteiger partial charge < -0.3 is 19.4 Å².